The standard InChI is InChI=1S/C18H25N3S/c1-18(2,22)15-21(13-9-16-7-3-5-11-19-16)14-10-17-8-4-6-12-20-17/h3-8,11-12,22H,9-10,13-15H2,1-2H3. The second-order valence-corrected chi connectivity index (χ2v) is 7.44. The summed E-state index contributed by atoms with van der Waals surface area (Å²) < 4.78 is -0.00572. The van der Waals surface area contributed by atoms with Gasteiger partial charge in [0.05, 0.1) is 0 Å². The molecular weight excluding hydrogens is 290 g/mol. The fourth-order valence-corrected chi connectivity index (χ4v) is 2.65. The van der Waals surface area contributed by atoms with Crippen LogP contribution in [0.1, 0.15) is 25.2 Å². The smallest absolute Gasteiger partial charge is 0.0416 e. The molecule has 0 saturated heterocycles. The molecule has 118 valence electrons. The van der Waals surface area contributed by atoms with Gasteiger partial charge in [0.2, 0.25) is 0 Å². The molecule has 0 bridgehead atoms. The first-order chi connectivity index (χ1) is 10.5. The Morgan fingerprint density at radius 2 is 1.41 bits per heavy atom. The molecule has 0 fully saturated rings. The van der Waals surface area contributed by atoms with E-state index in [-0.39, 0.29) is 4.75 Å². The van der Waals surface area contributed by atoms with E-state index in [9.17, 15) is 0 Å². The van der Waals surface area contributed by atoms with Crippen molar-refractivity contribution in [2.75, 3.05) is 19.6 Å². The van der Waals surface area contributed by atoms with E-state index in [2.05, 4.69) is 53.5 Å². The van der Waals surface area contributed by atoms with Crippen molar-refractivity contribution in [1.82, 2.24) is 14.9 Å². The molecule has 0 radical (unpaired) electrons. The fraction of sp³-hybridized carbons (Fsp3) is 0.444. The van der Waals surface area contributed by atoms with Crippen LogP contribution in [0.3, 0.4) is 0 Å². The average Bonchev–Trinajstić information content (AvgIpc) is 2.51. The van der Waals surface area contributed by atoms with Gasteiger partial charge in [-0.25, -0.2) is 0 Å². The summed E-state index contributed by atoms with van der Waals surface area (Å²) >= 11 is 4.68. The third-order valence-corrected chi connectivity index (χ3v) is 3.57. The van der Waals surface area contributed by atoms with Gasteiger partial charge < -0.3 is 4.90 Å². The third kappa shape index (κ3) is 6.58. The highest BCUT2D eigenvalue weighted by Crippen LogP contribution is 2.14. The molecule has 0 amide bonds. The number of hydrogen-bond acceptors (Lipinski definition) is 4. The number of thiol groups is 1. The predicted octanol–water partition coefficient (Wildman–Crippen LogP) is 3.27. The number of aromatic nitrogens is 2. The molecule has 4 heteroatoms. The molecule has 0 aliphatic rings. The van der Waals surface area contributed by atoms with E-state index in [1.165, 1.54) is 0 Å². The quantitative estimate of drug-likeness (QED) is 0.758. The van der Waals surface area contributed by atoms with E-state index >= 15 is 0 Å². The maximum atomic E-state index is 4.68. The highest BCUT2D eigenvalue weighted by molar-refractivity contribution is 7.81. The van der Waals surface area contributed by atoms with Crippen molar-refractivity contribution in [3.63, 3.8) is 0 Å². The molecule has 3 nitrogen and oxygen atoms in total. The van der Waals surface area contributed by atoms with Crippen LogP contribution in [0.5, 0.6) is 0 Å². The van der Waals surface area contributed by atoms with Crippen molar-refractivity contribution >= 4 is 12.6 Å². The molecule has 0 aliphatic heterocycles. The number of rotatable bonds is 8. The van der Waals surface area contributed by atoms with Crippen LogP contribution < -0.4 is 0 Å². The third-order valence-electron chi connectivity index (χ3n) is 3.43. The lowest BCUT2D eigenvalue weighted by Crippen LogP contribution is -2.38. The van der Waals surface area contributed by atoms with Gasteiger partial charge >= 0.3 is 0 Å². The van der Waals surface area contributed by atoms with E-state index in [0.29, 0.717) is 0 Å². The van der Waals surface area contributed by atoms with Gasteiger partial charge in [-0.05, 0) is 38.1 Å². The van der Waals surface area contributed by atoms with Crippen LogP contribution in [-0.4, -0.2) is 39.2 Å². The van der Waals surface area contributed by atoms with Crippen molar-refractivity contribution in [2.24, 2.45) is 0 Å². The largest absolute Gasteiger partial charge is 0.301 e. The zero-order chi connectivity index (χ0) is 15.8. The van der Waals surface area contributed by atoms with Gasteiger partial charge in [-0.2, -0.15) is 12.6 Å². The molecule has 0 unspecified atom stereocenters. The van der Waals surface area contributed by atoms with Gasteiger partial charge in [-0.1, -0.05) is 12.1 Å². The molecule has 2 aromatic rings. The second kappa shape index (κ2) is 8.30. The van der Waals surface area contributed by atoms with E-state index in [1.807, 2.05) is 36.7 Å². The minimum Gasteiger partial charge on any atom is -0.301 e. The van der Waals surface area contributed by atoms with Gasteiger partial charge in [-0.3, -0.25) is 9.97 Å². The number of nitrogens with zero attached hydrogens (tertiary/aromatic N) is 3. The molecule has 2 rings (SSSR count). The van der Waals surface area contributed by atoms with Crippen molar-refractivity contribution in [2.45, 2.75) is 31.4 Å². The summed E-state index contributed by atoms with van der Waals surface area (Å²) in [5.41, 5.74) is 2.28. The molecule has 0 spiro atoms. The molecule has 0 saturated carbocycles. The lowest BCUT2D eigenvalue weighted by atomic mass is 10.1. The van der Waals surface area contributed by atoms with Gasteiger partial charge in [-0.15, -0.1) is 0 Å². The Kier molecular flexibility index (Phi) is 6.40. The van der Waals surface area contributed by atoms with E-state index in [0.717, 1.165) is 43.9 Å². The Labute approximate surface area is 139 Å². The Bertz CT molecular complexity index is 494. The van der Waals surface area contributed by atoms with E-state index in [4.69, 9.17) is 0 Å². The number of hydrogen-bond donors (Lipinski definition) is 1. The van der Waals surface area contributed by atoms with Crippen molar-refractivity contribution < 1.29 is 0 Å². The lowest BCUT2D eigenvalue weighted by Gasteiger charge is -2.29. The SMILES string of the molecule is CC(C)(S)CN(CCc1ccccn1)CCc1ccccn1. The average molecular weight is 315 g/mol. The first-order valence-corrected chi connectivity index (χ1v) is 8.22. The highest BCUT2D eigenvalue weighted by atomic mass is 32.1. The van der Waals surface area contributed by atoms with Crippen molar-refractivity contribution in [1.29, 1.82) is 0 Å². The fourth-order valence-electron chi connectivity index (χ4n) is 2.45. The van der Waals surface area contributed by atoms with Crippen LogP contribution in [0.2, 0.25) is 0 Å². The Morgan fingerprint density at radius 1 is 0.909 bits per heavy atom. The molecule has 2 aromatic heterocycles. The summed E-state index contributed by atoms with van der Waals surface area (Å²) in [6, 6.07) is 12.2. The maximum Gasteiger partial charge on any atom is 0.0416 e. The Morgan fingerprint density at radius 3 is 1.77 bits per heavy atom. The zero-order valence-corrected chi connectivity index (χ0v) is 14.3. The van der Waals surface area contributed by atoms with Gasteiger partial charge in [0.15, 0.2) is 0 Å². The van der Waals surface area contributed by atoms with Crippen LogP contribution in [-0.2, 0) is 12.8 Å². The molecular formula is C18H25N3S. The molecule has 0 N–H and O–H groups in total. The van der Waals surface area contributed by atoms with Crippen LogP contribution >= 0.6 is 12.6 Å². The summed E-state index contributed by atoms with van der Waals surface area (Å²) in [7, 11) is 0. The first-order valence-electron chi connectivity index (χ1n) is 7.77. The molecule has 0 atom stereocenters. The summed E-state index contributed by atoms with van der Waals surface area (Å²) in [4.78, 5) is 11.3. The Hall–Kier alpha value is -1.39. The van der Waals surface area contributed by atoms with Gasteiger partial charge in [0, 0.05) is 61.0 Å². The topological polar surface area (TPSA) is 29.0 Å². The van der Waals surface area contributed by atoms with Gasteiger partial charge in [0.25, 0.3) is 0 Å². The number of pyridine rings is 2. The lowest BCUT2D eigenvalue weighted by molar-refractivity contribution is 0.260. The summed E-state index contributed by atoms with van der Waals surface area (Å²) in [5.74, 6) is 0. The summed E-state index contributed by atoms with van der Waals surface area (Å²) in [6.07, 6.45) is 5.64. The van der Waals surface area contributed by atoms with Crippen LogP contribution in [0.15, 0.2) is 48.8 Å². The Balaban J connectivity index is 1.90. The summed E-state index contributed by atoms with van der Waals surface area (Å²) in [5, 5.41) is 0. The van der Waals surface area contributed by atoms with Crippen LogP contribution in [0.25, 0.3) is 0 Å². The molecule has 22 heavy (non-hydrogen) atoms. The zero-order valence-electron chi connectivity index (χ0n) is 13.4. The van der Waals surface area contributed by atoms with E-state index < -0.39 is 0 Å². The molecule has 0 aliphatic carbocycles. The monoisotopic (exact) mass is 315 g/mol. The van der Waals surface area contributed by atoms with Crippen molar-refractivity contribution in [3.8, 4) is 0 Å². The van der Waals surface area contributed by atoms with Crippen LogP contribution in [0.4, 0.5) is 0 Å². The maximum absolute atomic E-state index is 4.68. The minimum absolute atomic E-state index is 0.00572. The van der Waals surface area contributed by atoms with E-state index in [1.54, 1.807) is 0 Å². The summed E-state index contributed by atoms with van der Waals surface area (Å²) in [6.45, 7) is 7.26. The van der Waals surface area contributed by atoms with Gasteiger partial charge in [0.1, 0.15) is 0 Å². The molecule has 2 heterocycles. The normalized spacial score (nSPS) is 11.8. The van der Waals surface area contributed by atoms with Crippen LogP contribution in [0, 0.1) is 0 Å². The van der Waals surface area contributed by atoms with Crippen molar-refractivity contribution in [3.05, 3.63) is 60.2 Å². The first kappa shape index (κ1) is 17.0. The minimum atomic E-state index is -0.00572. The predicted molar refractivity (Wildman–Crippen MR) is 95.4 cm³/mol. The second-order valence-electron chi connectivity index (χ2n) is 6.23. The molecule has 0 aromatic carbocycles. The highest BCUT2D eigenvalue weighted by Gasteiger charge is 2.17.